The van der Waals surface area contributed by atoms with Gasteiger partial charge in [-0.15, -0.1) is 4.37 Å². The minimum atomic E-state index is -1.82. The van der Waals surface area contributed by atoms with Crippen LogP contribution in [0.2, 0.25) is 0 Å². The predicted molar refractivity (Wildman–Crippen MR) is 87.5 cm³/mol. The van der Waals surface area contributed by atoms with Crippen molar-refractivity contribution in [2.24, 2.45) is 5.92 Å². The third-order valence-corrected chi connectivity index (χ3v) is 4.84. The van der Waals surface area contributed by atoms with Gasteiger partial charge in [-0.3, -0.25) is 0 Å². The third-order valence-electron chi connectivity index (χ3n) is 4.32. The molecule has 8 nitrogen and oxygen atoms in total. The van der Waals surface area contributed by atoms with Crippen LogP contribution in [-0.2, 0) is 9.59 Å². The lowest BCUT2D eigenvalue weighted by Gasteiger charge is -2.21. The molecule has 2 aliphatic heterocycles. The fourth-order valence-corrected chi connectivity index (χ4v) is 3.71. The van der Waals surface area contributed by atoms with Crippen molar-refractivity contribution >= 4 is 23.7 Å². The highest BCUT2D eigenvalue weighted by molar-refractivity contribution is 6.99. The Bertz CT molecular complexity index is 553. The van der Waals surface area contributed by atoms with Gasteiger partial charge < -0.3 is 19.8 Å². The van der Waals surface area contributed by atoms with E-state index in [1.165, 1.54) is 37.7 Å². The average molecular weight is 357 g/mol. The molecule has 2 bridgehead atoms. The van der Waals surface area contributed by atoms with Gasteiger partial charge in [0.05, 0.1) is 18.3 Å². The first-order valence-corrected chi connectivity index (χ1v) is 8.89. The highest BCUT2D eigenvalue weighted by atomic mass is 32.1. The Hall–Kier alpha value is -1.74. The van der Waals surface area contributed by atoms with E-state index < -0.39 is 11.9 Å². The largest absolute Gasteiger partial charge is 0.476 e. The summed E-state index contributed by atoms with van der Waals surface area (Å²) in [6, 6.07) is 0. The number of fused-ring (bicyclic) bond motifs is 2. The van der Waals surface area contributed by atoms with Crippen LogP contribution in [0, 0.1) is 5.92 Å². The minimum absolute atomic E-state index is 0.558. The van der Waals surface area contributed by atoms with Gasteiger partial charge in [-0.2, -0.15) is 4.37 Å². The Labute approximate surface area is 144 Å². The summed E-state index contributed by atoms with van der Waals surface area (Å²) in [5.74, 6) is -1.50. The molecule has 2 N–H and O–H groups in total. The first-order valence-electron chi connectivity index (χ1n) is 8.16. The van der Waals surface area contributed by atoms with Gasteiger partial charge in [-0.25, -0.2) is 9.59 Å². The maximum absolute atomic E-state index is 9.10. The van der Waals surface area contributed by atoms with Crippen molar-refractivity contribution in [1.82, 2.24) is 13.6 Å². The summed E-state index contributed by atoms with van der Waals surface area (Å²) < 4.78 is 14.6. The second-order valence-electron chi connectivity index (χ2n) is 6.04. The van der Waals surface area contributed by atoms with E-state index in [9.17, 15) is 0 Å². The average Bonchev–Trinajstić information content (AvgIpc) is 3.12. The Morgan fingerprint density at radius 1 is 1.29 bits per heavy atom. The van der Waals surface area contributed by atoms with Gasteiger partial charge in [0, 0.05) is 19.0 Å². The molecule has 0 aliphatic carbocycles. The molecule has 0 aromatic carbocycles. The maximum Gasteiger partial charge on any atom is 0.414 e. The highest BCUT2D eigenvalue weighted by Crippen LogP contribution is 2.41. The van der Waals surface area contributed by atoms with E-state index in [0.29, 0.717) is 5.92 Å². The molecule has 9 heteroatoms. The number of carboxylic acid groups (broad SMARTS) is 2. The first-order chi connectivity index (χ1) is 11.5. The highest BCUT2D eigenvalue weighted by Gasteiger charge is 2.39. The van der Waals surface area contributed by atoms with Gasteiger partial charge in [0.25, 0.3) is 0 Å². The van der Waals surface area contributed by atoms with Crippen molar-refractivity contribution in [3.8, 4) is 5.88 Å². The number of hydrogen-bond acceptors (Lipinski definition) is 7. The topological polar surface area (TPSA) is 113 Å². The van der Waals surface area contributed by atoms with Gasteiger partial charge >= 0.3 is 11.9 Å². The lowest BCUT2D eigenvalue weighted by atomic mass is 9.89. The lowest BCUT2D eigenvalue weighted by molar-refractivity contribution is -0.159. The summed E-state index contributed by atoms with van der Waals surface area (Å²) in [5, 5.41) is 14.8. The van der Waals surface area contributed by atoms with Crippen LogP contribution < -0.4 is 4.74 Å². The molecule has 134 valence electrons. The van der Waals surface area contributed by atoms with Crippen LogP contribution in [0.4, 0.5) is 0 Å². The maximum atomic E-state index is 9.10. The molecule has 3 atom stereocenters. The minimum Gasteiger partial charge on any atom is -0.476 e. The second-order valence-corrected chi connectivity index (χ2v) is 6.56. The monoisotopic (exact) mass is 357 g/mol. The summed E-state index contributed by atoms with van der Waals surface area (Å²) in [7, 11) is 0. The number of hydrogen-bond donors (Lipinski definition) is 2. The first kappa shape index (κ1) is 18.6. The number of piperidine rings is 1. The quantitative estimate of drug-likeness (QED) is 0.604. The summed E-state index contributed by atoms with van der Waals surface area (Å²) >= 11 is 1.30. The van der Waals surface area contributed by atoms with E-state index in [-0.39, 0.29) is 0 Å². The van der Waals surface area contributed by atoms with Gasteiger partial charge in [-0.1, -0.05) is 13.3 Å². The van der Waals surface area contributed by atoms with Crippen LogP contribution in [0.5, 0.6) is 5.88 Å². The Morgan fingerprint density at radius 3 is 2.67 bits per heavy atom. The van der Waals surface area contributed by atoms with E-state index >= 15 is 0 Å². The fourth-order valence-electron chi connectivity index (χ4n) is 3.15. The summed E-state index contributed by atoms with van der Waals surface area (Å²) in [4.78, 5) is 20.8. The SMILES string of the molecule is CCCCOc1nsnc1C1CN2CCCC1C2.O=C(O)C(=O)O. The molecule has 0 radical (unpaired) electrons. The number of carbonyl (C=O) groups is 2. The van der Waals surface area contributed by atoms with Gasteiger partial charge in [-0.05, 0) is 31.7 Å². The molecule has 1 aromatic heterocycles. The Kier molecular flexibility index (Phi) is 6.92. The number of aromatic nitrogens is 2. The Morgan fingerprint density at radius 2 is 2.04 bits per heavy atom. The molecule has 0 amide bonds. The molecular formula is C15H23N3O5S. The lowest BCUT2D eigenvalue weighted by Crippen LogP contribution is -2.25. The van der Waals surface area contributed by atoms with Crippen molar-refractivity contribution in [2.75, 3.05) is 26.2 Å². The molecule has 0 saturated carbocycles. The number of ether oxygens (including phenoxy) is 1. The third kappa shape index (κ3) is 4.88. The smallest absolute Gasteiger partial charge is 0.414 e. The molecule has 2 saturated heterocycles. The predicted octanol–water partition coefficient (Wildman–Crippen LogP) is 1.68. The summed E-state index contributed by atoms with van der Waals surface area (Å²) in [5.41, 5.74) is 1.13. The van der Waals surface area contributed by atoms with Crippen molar-refractivity contribution in [1.29, 1.82) is 0 Å². The van der Waals surface area contributed by atoms with E-state index in [2.05, 4.69) is 20.6 Å². The Balaban J connectivity index is 0.000000301. The molecular weight excluding hydrogens is 334 g/mol. The van der Waals surface area contributed by atoms with Crippen molar-refractivity contribution in [2.45, 2.75) is 38.5 Å². The molecule has 3 unspecified atom stereocenters. The van der Waals surface area contributed by atoms with E-state index in [4.69, 9.17) is 24.5 Å². The number of nitrogens with zero attached hydrogens (tertiary/aromatic N) is 3. The fraction of sp³-hybridized carbons (Fsp3) is 0.733. The zero-order valence-electron chi connectivity index (χ0n) is 13.7. The van der Waals surface area contributed by atoms with E-state index in [1.54, 1.807) is 0 Å². The number of unbranched alkanes of at least 4 members (excludes halogenated alkanes) is 1. The molecule has 3 rings (SSSR count). The number of aliphatic carboxylic acids is 2. The summed E-state index contributed by atoms with van der Waals surface area (Å²) in [6.45, 7) is 6.61. The standard InChI is InChI=1S/C13H21N3OS.C2H2O4/c1-2-3-7-17-13-12(14-18-15-13)11-9-16-6-4-5-10(11)8-16;3-1(4)2(5)6/h10-11H,2-9H2,1H3;(H,3,4)(H,5,6). The van der Waals surface area contributed by atoms with Crippen LogP contribution in [0.1, 0.15) is 44.2 Å². The molecule has 3 heterocycles. The molecule has 1 aromatic rings. The van der Waals surface area contributed by atoms with E-state index in [0.717, 1.165) is 43.5 Å². The number of rotatable bonds is 5. The van der Waals surface area contributed by atoms with Crippen molar-refractivity contribution < 1.29 is 24.5 Å². The van der Waals surface area contributed by atoms with Crippen LogP contribution in [0.15, 0.2) is 0 Å². The summed E-state index contributed by atoms with van der Waals surface area (Å²) in [6.07, 6.45) is 4.93. The number of carboxylic acids is 2. The van der Waals surface area contributed by atoms with Crippen LogP contribution in [0.3, 0.4) is 0 Å². The molecule has 2 fully saturated rings. The van der Waals surface area contributed by atoms with Crippen LogP contribution in [-0.4, -0.2) is 62.0 Å². The van der Waals surface area contributed by atoms with Crippen LogP contribution in [0.25, 0.3) is 0 Å². The van der Waals surface area contributed by atoms with Gasteiger partial charge in [0.2, 0.25) is 5.88 Å². The second kappa shape index (κ2) is 8.93. The van der Waals surface area contributed by atoms with Crippen LogP contribution >= 0.6 is 11.7 Å². The molecule has 0 spiro atoms. The zero-order valence-corrected chi connectivity index (χ0v) is 14.5. The van der Waals surface area contributed by atoms with Crippen molar-refractivity contribution in [3.05, 3.63) is 5.69 Å². The normalized spacial score (nSPS) is 24.8. The zero-order chi connectivity index (χ0) is 17.5. The van der Waals surface area contributed by atoms with E-state index in [1.807, 2.05) is 0 Å². The van der Waals surface area contributed by atoms with Gasteiger partial charge in [0.15, 0.2) is 0 Å². The molecule has 2 aliphatic rings. The van der Waals surface area contributed by atoms with Gasteiger partial charge in [0.1, 0.15) is 5.69 Å². The molecule has 24 heavy (non-hydrogen) atoms. The van der Waals surface area contributed by atoms with Crippen molar-refractivity contribution in [3.63, 3.8) is 0 Å².